The number of carbonyl (C=O) groups is 3. The molecule has 7 heteroatoms. The molecular weight excluding hydrogens is 292 g/mol. The van der Waals surface area contributed by atoms with Crippen molar-refractivity contribution >= 4 is 17.9 Å². The quantitative estimate of drug-likeness (QED) is 0.327. The maximum absolute atomic E-state index is 11.9. The minimum absolute atomic E-state index is 0.0282. The molecule has 0 spiro atoms. The zero-order valence-corrected chi connectivity index (χ0v) is 11.8. The van der Waals surface area contributed by atoms with Crippen LogP contribution >= 0.6 is 0 Å². The van der Waals surface area contributed by atoms with Gasteiger partial charge in [0.1, 0.15) is 19.8 Å². The van der Waals surface area contributed by atoms with E-state index in [9.17, 15) is 14.4 Å². The van der Waals surface area contributed by atoms with Crippen LogP contribution in [0.3, 0.4) is 0 Å². The summed E-state index contributed by atoms with van der Waals surface area (Å²) in [6, 6.07) is 5.96. The molecule has 0 aliphatic heterocycles. The number of rotatable bonds is 8. The molecule has 1 N–H and O–H groups in total. The first-order chi connectivity index (χ1) is 10.6. The number of carbonyl (C=O) groups excluding carboxylic acids is 3. The molecule has 0 unspecified atom stereocenters. The van der Waals surface area contributed by atoms with E-state index in [4.69, 9.17) is 14.6 Å². The van der Waals surface area contributed by atoms with Gasteiger partial charge in [-0.15, -0.1) is 0 Å². The van der Waals surface area contributed by atoms with Crippen molar-refractivity contribution in [1.29, 1.82) is 0 Å². The van der Waals surface area contributed by atoms with Crippen LogP contribution in [-0.4, -0.2) is 49.4 Å². The Labute approximate surface area is 127 Å². The van der Waals surface area contributed by atoms with E-state index in [1.54, 1.807) is 12.1 Å². The standard InChI is InChI=1S/C15H16O7/c1-2-13(17)20-9-10-22-15(19)12-6-4-3-5-11(12)14(18)21-8-7-16/h2-6,16H,1,7-10H2. The van der Waals surface area contributed by atoms with Gasteiger partial charge in [0.2, 0.25) is 0 Å². The van der Waals surface area contributed by atoms with E-state index in [0.717, 1.165) is 6.08 Å². The SMILES string of the molecule is C=CC(=O)OCCOC(=O)c1ccccc1C(=O)OCCO. The molecule has 0 saturated carbocycles. The molecule has 22 heavy (non-hydrogen) atoms. The predicted octanol–water partition coefficient (Wildman–Crippen LogP) is 0.722. The normalized spacial score (nSPS) is 9.68. The van der Waals surface area contributed by atoms with Gasteiger partial charge >= 0.3 is 17.9 Å². The van der Waals surface area contributed by atoms with Gasteiger partial charge in [-0.25, -0.2) is 14.4 Å². The highest BCUT2D eigenvalue weighted by Gasteiger charge is 2.18. The Morgan fingerprint density at radius 3 is 1.95 bits per heavy atom. The highest BCUT2D eigenvalue weighted by molar-refractivity contribution is 6.03. The fourth-order valence-corrected chi connectivity index (χ4v) is 1.47. The Morgan fingerprint density at radius 2 is 1.45 bits per heavy atom. The van der Waals surface area contributed by atoms with Crippen molar-refractivity contribution in [2.24, 2.45) is 0 Å². The number of hydrogen-bond donors (Lipinski definition) is 1. The van der Waals surface area contributed by atoms with Gasteiger partial charge in [-0.1, -0.05) is 18.7 Å². The molecule has 1 aromatic rings. The lowest BCUT2D eigenvalue weighted by Crippen LogP contribution is -2.17. The van der Waals surface area contributed by atoms with Crippen molar-refractivity contribution in [1.82, 2.24) is 0 Å². The molecule has 0 aromatic heterocycles. The van der Waals surface area contributed by atoms with Crippen molar-refractivity contribution in [2.75, 3.05) is 26.4 Å². The van der Waals surface area contributed by atoms with Gasteiger partial charge in [-0.05, 0) is 12.1 Å². The second kappa shape index (κ2) is 9.30. The molecule has 1 aromatic carbocycles. The van der Waals surface area contributed by atoms with Gasteiger partial charge in [-0.2, -0.15) is 0 Å². The highest BCUT2D eigenvalue weighted by atomic mass is 16.6. The fraction of sp³-hybridized carbons (Fsp3) is 0.267. The van der Waals surface area contributed by atoms with Gasteiger partial charge in [0, 0.05) is 6.08 Å². The van der Waals surface area contributed by atoms with Gasteiger partial charge in [-0.3, -0.25) is 0 Å². The van der Waals surface area contributed by atoms with E-state index in [2.05, 4.69) is 11.3 Å². The van der Waals surface area contributed by atoms with Crippen molar-refractivity contribution in [3.8, 4) is 0 Å². The van der Waals surface area contributed by atoms with Crippen LogP contribution in [0.1, 0.15) is 20.7 Å². The smallest absolute Gasteiger partial charge is 0.339 e. The molecule has 0 atom stereocenters. The summed E-state index contributed by atoms with van der Waals surface area (Å²) in [6.07, 6.45) is 0.994. The topological polar surface area (TPSA) is 99.1 Å². The van der Waals surface area contributed by atoms with Gasteiger partial charge < -0.3 is 19.3 Å². The van der Waals surface area contributed by atoms with Crippen LogP contribution in [0.4, 0.5) is 0 Å². The minimum atomic E-state index is -0.744. The summed E-state index contributed by atoms with van der Waals surface area (Å²) in [4.78, 5) is 34.5. The molecule has 7 nitrogen and oxygen atoms in total. The largest absolute Gasteiger partial charge is 0.460 e. The van der Waals surface area contributed by atoms with E-state index in [1.165, 1.54) is 12.1 Å². The lowest BCUT2D eigenvalue weighted by atomic mass is 10.1. The van der Waals surface area contributed by atoms with E-state index in [0.29, 0.717) is 0 Å². The summed E-state index contributed by atoms with van der Waals surface area (Å²) in [5.74, 6) is -2.10. The Morgan fingerprint density at radius 1 is 0.955 bits per heavy atom. The number of aliphatic hydroxyl groups is 1. The maximum Gasteiger partial charge on any atom is 0.339 e. The number of aliphatic hydroxyl groups excluding tert-OH is 1. The maximum atomic E-state index is 11.9. The third-order valence-electron chi connectivity index (χ3n) is 2.42. The summed E-state index contributed by atoms with van der Waals surface area (Å²) < 4.78 is 14.3. The van der Waals surface area contributed by atoms with E-state index >= 15 is 0 Å². The van der Waals surface area contributed by atoms with Gasteiger partial charge in [0.05, 0.1) is 17.7 Å². The predicted molar refractivity (Wildman–Crippen MR) is 75.2 cm³/mol. The van der Waals surface area contributed by atoms with Crippen molar-refractivity contribution in [2.45, 2.75) is 0 Å². The van der Waals surface area contributed by atoms with E-state index < -0.39 is 17.9 Å². The number of benzene rings is 1. The molecule has 0 aliphatic carbocycles. The molecule has 0 saturated heterocycles. The Kier molecular flexibility index (Phi) is 7.35. The third-order valence-corrected chi connectivity index (χ3v) is 2.42. The van der Waals surface area contributed by atoms with Crippen LogP contribution < -0.4 is 0 Å². The fourth-order valence-electron chi connectivity index (χ4n) is 1.47. The van der Waals surface area contributed by atoms with Crippen molar-refractivity contribution in [3.63, 3.8) is 0 Å². The van der Waals surface area contributed by atoms with Crippen molar-refractivity contribution < 1.29 is 33.7 Å². The highest BCUT2D eigenvalue weighted by Crippen LogP contribution is 2.12. The molecular formula is C15H16O7. The summed E-state index contributed by atoms with van der Waals surface area (Å²) in [5, 5.41) is 8.63. The lowest BCUT2D eigenvalue weighted by Gasteiger charge is -2.09. The molecule has 0 heterocycles. The van der Waals surface area contributed by atoms with E-state index in [1.807, 2.05) is 0 Å². The average molecular weight is 308 g/mol. The Bertz CT molecular complexity index is 551. The second-order valence-electron chi connectivity index (χ2n) is 3.91. The molecule has 1 rings (SSSR count). The molecule has 0 amide bonds. The number of esters is 3. The van der Waals surface area contributed by atoms with Crippen LogP contribution in [0.25, 0.3) is 0 Å². The first-order valence-electron chi connectivity index (χ1n) is 6.43. The molecule has 0 fully saturated rings. The van der Waals surface area contributed by atoms with E-state index in [-0.39, 0.29) is 37.6 Å². The monoisotopic (exact) mass is 308 g/mol. The summed E-state index contributed by atoms with van der Waals surface area (Å²) in [7, 11) is 0. The molecule has 0 radical (unpaired) electrons. The zero-order valence-electron chi connectivity index (χ0n) is 11.8. The average Bonchev–Trinajstić information content (AvgIpc) is 2.55. The molecule has 118 valence electrons. The molecule has 0 aliphatic rings. The van der Waals surface area contributed by atoms with Crippen LogP contribution in [-0.2, 0) is 19.0 Å². The Balaban J connectivity index is 2.63. The van der Waals surface area contributed by atoms with Gasteiger partial charge in [0.25, 0.3) is 0 Å². The number of ether oxygens (including phenoxy) is 3. The lowest BCUT2D eigenvalue weighted by molar-refractivity contribution is -0.138. The molecule has 0 bridgehead atoms. The zero-order chi connectivity index (χ0) is 16.4. The van der Waals surface area contributed by atoms with Crippen molar-refractivity contribution in [3.05, 3.63) is 48.0 Å². The first kappa shape index (κ1) is 17.4. The summed E-state index contributed by atoms with van der Waals surface area (Å²) >= 11 is 0. The van der Waals surface area contributed by atoms with Crippen LogP contribution in [0.2, 0.25) is 0 Å². The number of hydrogen-bond acceptors (Lipinski definition) is 7. The van der Waals surface area contributed by atoms with Crippen LogP contribution in [0, 0.1) is 0 Å². The summed E-state index contributed by atoms with van der Waals surface area (Å²) in [6.45, 7) is 2.47. The second-order valence-corrected chi connectivity index (χ2v) is 3.91. The van der Waals surface area contributed by atoms with Gasteiger partial charge in [0.15, 0.2) is 0 Å². The first-order valence-corrected chi connectivity index (χ1v) is 6.43. The van der Waals surface area contributed by atoms with Crippen LogP contribution in [0.5, 0.6) is 0 Å². The Hall–Kier alpha value is -2.67. The third kappa shape index (κ3) is 5.37. The summed E-state index contributed by atoms with van der Waals surface area (Å²) in [5.41, 5.74) is 0.0597. The minimum Gasteiger partial charge on any atom is -0.460 e. The van der Waals surface area contributed by atoms with Crippen LogP contribution in [0.15, 0.2) is 36.9 Å².